The van der Waals surface area contributed by atoms with Gasteiger partial charge in [-0.25, -0.2) is 0 Å². The molecule has 0 fully saturated rings. The van der Waals surface area contributed by atoms with Gasteiger partial charge < -0.3 is 15.8 Å². The van der Waals surface area contributed by atoms with E-state index >= 15 is 0 Å². The zero-order valence-electron chi connectivity index (χ0n) is 14.7. The van der Waals surface area contributed by atoms with Gasteiger partial charge in [-0.05, 0) is 33.8 Å². The first kappa shape index (κ1) is 17.6. The molecular weight excluding hydrogens is 288 g/mol. The van der Waals surface area contributed by atoms with E-state index in [4.69, 9.17) is 10.5 Å². The molecule has 0 radical (unpaired) electrons. The minimum absolute atomic E-state index is 0.176. The van der Waals surface area contributed by atoms with E-state index in [2.05, 4.69) is 49.0 Å². The lowest BCUT2D eigenvalue weighted by molar-refractivity contribution is 0.181. The summed E-state index contributed by atoms with van der Waals surface area (Å²) >= 11 is 0. The largest absolute Gasteiger partial charge is 0.493 e. The molecule has 0 saturated heterocycles. The Morgan fingerprint density at radius 1 is 1.30 bits per heavy atom. The third-order valence-electron chi connectivity index (χ3n) is 4.25. The molecule has 3 N–H and O–H groups in total. The summed E-state index contributed by atoms with van der Waals surface area (Å²) < 4.78 is 5.67. The van der Waals surface area contributed by atoms with Crippen molar-refractivity contribution >= 4 is 5.96 Å². The summed E-state index contributed by atoms with van der Waals surface area (Å²) in [4.78, 5) is 6.91. The topological polar surface area (TPSA) is 62.9 Å². The van der Waals surface area contributed by atoms with Crippen LogP contribution in [0.2, 0.25) is 0 Å². The van der Waals surface area contributed by atoms with Crippen molar-refractivity contribution in [3.8, 4) is 5.75 Å². The van der Waals surface area contributed by atoms with E-state index in [0.29, 0.717) is 31.2 Å². The van der Waals surface area contributed by atoms with E-state index in [1.54, 1.807) is 0 Å². The van der Waals surface area contributed by atoms with Crippen LogP contribution in [0.4, 0.5) is 0 Å². The maximum absolute atomic E-state index is 6.08. The average Bonchev–Trinajstić information content (AvgIpc) is 2.51. The third-order valence-corrected chi connectivity index (χ3v) is 4.25. The number of guanidine groups is 1. The van der Waals surface area contributed by atoms with Gasteiger partial charge in [-0.1, -0.05) is 18.2 Å². The predicted molar refractivity (Wildman–Crippen MR) is 95.9 cm³/mol. The minimum Gasteiger partial charge on any atom is -0.493 e. The van der Waals surface area contributed by atoms with Crippen molar-refractivity contribution in [3.05, 3.63) is 29.8 Å². The number of benzene rings is 1. The smallest absolute Gasteiger partial charge is 0.189 e. The fourth-order valence-electron chi connectivity index (χ4n) is 3.11. The lowest BCUT2D eigenvalue weighted by Gasteiger charge is -2.30. The summed E-state index contributed by atoms with van der Waals surface area (Å²) in [6.07, 6.45) is 0.900. The molecule has 128 valence electrons. The van der Waals surface area contributed by atoms with Gasteiger partial charge >= 0.3 is 0 Å². The van der Waals surface area contributed by atoms with Crippen LogP contribution < -0.4 is 15.8 Å². The van der Waals surface area contributed by atoms with Gasteiger partial charge in [0.25, 0.3) is 0 Å². The first-order valence-corrected chi connectivity index (χ1v) is 8.53. The van der Waals surface area contributed by atoms with Crippen LogP contribution in [-0.2, 0) is 0 Å². The number of hydrogen-bond acceptors (Lipinski definition) is 3. The molecule has 1 unspecified atom stereocenters. The summed E-state index contributed by atoms with van der Waals surface area (Å²) in [6.45, 7) is 11.2. The number of ether oxygens (including phenoxy) is 1. The summed E-state index contributed by atoms with van der Waals surface area (Å²) in [5.41, 5.74) is 7.24. The molecule has 1 heterocycles. The van der Waals surface area contributed by atoms with Crippen molar-refractivity contribution in [2.75, 3.05) is 19.7 Å². The van der Waals surface area contributed by atoms with E-state index < -0.39 is 0 Å². The van der Waals surface area contributed by atoms with Crippen LogP contribution in [0.15, 0.2) is 29.3 Å². The highest BCUT2D eigenvalue weighted by atomic mass is 16.5. The average molecular weight is 318 g/mol. The lowest BCUT2D eigenvalue weighted by Crippen LogP contribution is -2.40. The molecule has 0 aliphatic carbocycles. The minimum atomic E-state index is 0.176. The zero-order valence-corrected chi connectivity index (χ0v) is 14.7. The van der Waals surface area contributed by atoms with Crippen LogP contribution >= 0.6 is 0 Å². The maximum atomic E-state index is 6.08. The highest BCUT2D eigenvalue weighted by Gasteiger charge is 2.21. The zero-order chi connectivity index (χ0) is 16.8. The standard InChI is InChI=1S/C18H30N4O/c1-13(2)22(14(3)4)11-10-20-18(19)21-16-9-12-23-17-8-6-5-7-15(16)17/h5-8,13-14,16H,9-12H2,1-4H3,(H3,19,20,21). The summed E-state index contributed by atoms with van der Waals surface area (Å²) in [5, 5.41) is 3.34. The number of para-hydroxylation sites is 1. The van der Waals surface area contributed by atoms with Gasteiger partial charge in [0.1, 0.15) is 5.75 Å². The van der Waals surface area contributed by atoms with Crippen LogP contribution in [0.3, 0.4) is 0 Å². The van der Waals surface area contributed by atoms with Crippen molar-refractivity contribution < 1.29 is 4.74 Å². The Bertz CT molecular complexity index is 520. The van der Waals surface area contributed by atoms with Gasteiger partial charge in [0, 0.05) is 30.6 Å². The number of hydrogen-bond donors (Lipinski definition) is 2. The van der Waals surface area contributed by atoms with Crippen LogP contribution in [0.25, 0.3) is 0 Å². The fraction of sp³-hybridized carbons (Fsp3) is 0.611. The van der Waals surface area contributed by atoms with E-state index in [1.807, 2.05) is 18.2 Å². The molecule has 0 spiro atoms. The highest BCUT2D eigenvalue weighted by molar-refractivity contribution is 5.78. The molecule has 1 aliphatic heterocycles. The molecule has 5 nitrogen and oxygen atoms in total. The number of nitrogens with one attached hydrogen (secondary N) is 1. The van der Waals surface area contributed by atoms with Crippen molar-refractivity contribution in [3.63, 3.8) is 0 Å². The Morgan fingerprint density at radius 3 is 2.70 bits per heavy atom. The second kappa shape index (κ2) is 8.20. The van der Waals surface area contributed by atoms with Gasteiger partial charge in [0.15, 0.2) is 5.96 Å². The van der Waals surface area contributed by atoms with Crippen molar-refractivity contribution in [2.45, 2.75) is 52.2 Å². The summed E-state index contributed by atoms with van der Waals surface area (Å²) in [5.74, 6) is 1.45. The maximum Gasteiger partial charge on any atom is 0.189 e. The predicted octanol–water partition coefficient (Wildman–Crippen LogP) is 2.53. The number of rotatable bonds is 6. The first-order valence-electron chi connectivity index (χ1n) is 8.53. The molecule has 1 aliphatic rings. The van der Waals surface area contributed by atoms with Gasteiger partial charge in [0.2, 0.25) is 0 Å². The summed E-state index contributed by atoms with van der Waals surface area (Å²) in [7, 11) is 0. The molecule has 0 aromatic heterocycles. The third kappa shape index (κ3) is 4.86. The Morgan fingerprint density at radius 2 is 2.00 bits per heavy atom. The molecule has 23 heavy (non-hydrogen) atoms. The molecule has 5 heteroatoms. The summed E-state index contributed by atoms with van der Waals surface area (Å²) in [6, 6.07) is 9.31. The molecule has 1 aromatic rings. The van der Waals surface area contributed by atoms with Gasteiger partial charge in [-0.15, -0.1) is 0 Å². The highest BCUT2D eigenvalue weighted by Crippen LogP contribution is 2.31. The number of nitrogens with two attached hydrogens (primary N) is 1. The lowest BCUT2D eigenvalue weighted by atomic mass is 10.0. The Hall–Kier alpha value is -1.75. The van der Waals surface area contributed by atoms with Crippen molar-refractivity contribution in [2.24, 2.45) is 10.7 Å². The second-order valence-electron chi connectivity index (χ2n) is 6.56. The van der Waals surface area contributed by atoms with Gasteiger partial charge in [-0.3, -0.25) is 9.89 Å². The molecular formula is C18H30N4O. The van der Waals surface area contributed by atoms with E-state index in [-0.39, 0.29) is 6.04 Å². The number of aliphatic imine (C=N–C) groups is 1. The van der Waals surface area contributed by atoms with Crippen molar-refractivity contribution in [1.29, 1.82) is 0 Å². The molecule has 1 atom stereocenters. The normalized spacial score (nSPS) is 18.2. The molecule has 0 bridgehead atoms. The van der Waals surface area contributed by atoms with Crippen LogP contribution in [0.5, 0.6) is 5.75 Å². The van der Waals surface area contributed by atoms with Crippen molar-refractivity contribution in [1.82, 2.24) is 10.2 Å². The van der Waals surface area contributed by atoms with E-state index in [1.165, 1.54) is 0 Å². The molecule has 2 rings (SSSR count). The monoisotopic (exact) mass is 318 g/mol. The SMILES string of the molecule is CC(C)N(CCN=C(N)NC1CCOc2ccccc21)C(C)C. The quantitative estimate of drug-likeness (QED) is 0.625. The van der Waals surface area contributed by atoms with E-state index in [9.17, 15) is 0 Å². The van der Waals surface area contributed by atoms with Crippen LogP contribution in [-0.4, -0.2) is 42.6 Å². The number of fused-ring (bicyclic) bond motifs is 1. The Labute approximate surface area is 139 Å². The Kier molecular flexibility index (Phi) is 6.28. The van der Waals surface area contributed by atoms with Gasteiger partial charge in [-0.2, -0.15) is 0 Å². The molecule has 0 amide bonds. The number of nitrogens with zero attached hydrogens (tertiary/aromatic N) is 2. The van der Waals surface area contributed by atoms with Crippen LogP contribution in [0, 0.1) is 0 Å². The van der Waals surface area contributed by atoms with Gasteiger partial charge in [0.05, 0.1) is 19.2 Å². The van der Waals surface area contributed by atoms with E-state index in [0.717, 1.165) is 24.3 Å². The van der Waals surface area contributed by atoms with Crippen LogP contribution in [0.1, 0.15) is 45.7 Å². The fourth-order valence-corrected chi connectivity index (χ4v) is 3.11. The molecule has 0 saturated carbocycles. The molecule has 1 aromatic carbocycles. The second-order valence-corrected chi connectivity index (χ2v) is 6.56. The first-order chi connectivity index (χ1) is 11.0. The Balaban J connectivity index is 1.91.